The minimum atomic E-state index is -0.288. The van der Waals surface area contributed by atoms with Gasteiger partial charge >= 0.3 is 0 Å². The average Bonchev–Trinajstić information content (AvgIpc) is 2.58. The number of nitrogens with one attached hydrogen (secondary N) is 1. The van der Waals surface area contributed by atoms with Crippen LogP contribution in [-0.2, 0) is 10.5 Å². The predicted molar refractivity (Wildman–Crippen MR) is 62.5 cm³/mol. The zero-order chi connectivity index (χ0) is 10.2. The molecule has 78 valence electrons. The van der Waals surface area contributed by atoms with Crippen LogP contribution in [0.1, 0.15) is 18.7 Å². The van der Waals surface area contributed by atoms with Crippen LogP contribution >= 0.6 is 27.3 Å². The molecule has 2 nitrogen and oxygen atoms in total. The fourth-order valence-electron chi connectivity index (χ4n) is 1.52. The molecule has 0 aliphatic carbocycles. The Morgan fingerprint density at radius 3 is 2.93 bits per heavy atom. The van der Waals surface area contributed by atoms with Crippen LogP contribution in [0, 0.1) is 5.92 Å². The maximum Gasteiger partial charge on any atom is 0.151 e. The van der Waals surface area contributed by atoms with Crippen LogP contribution in [0.4, 0.5) is 0 Å². The SMILES string of the molecule is CC1CNC(C)(c2ccc(Br)s2)OC1. The lowest BCUT2D eigenvalue weighted by atomic mass is 10.1. The molecule has 0 aromatic carbocycles. The zero-order valence-electron chi connectivity index (χ0n) is 8.34. The van der Waals surface area contributed by atoms with Crippen LogP contribution in [0.25, 0.3) is 0 Å². The molecule has 2 heterocycles. The van der Waals surface area contributed by atoms with Gasteiger partial charge in [-0.3, -0.25) is 5.32 Å². The summed E-state index contributed by atoms with van der Waals surface area (Å²) in [5.74, 6) is 0.603. The molecule has 0 bridgehead atoms. The molecule has 0 radical (unpaired) electrons. The van der Waals surface area contributed by atoms with Gasteiger partial charge in [0.1, 0.15) is 0 Å². The molecule has 0 spiro atoms. The number of ether oxygens (including phenoxy) is 1. The van der Waals surface area contributed by atoms with Crippen molar-refractivity contribution in [3.63, 3.8) is 0 Å². The lowest BCUT2D eigenvalue weighted by Crippen LogP contribution is -2.49. The Kier molecular flexibility index (Phi) is 2.98. The highest BCUT2D eigenvalue weighted by atomic mass is 79.9. The first-order valence-corrected chi connectivity index (χ1v) is 6.36. The molecular formula is C10H14BrNOS. The Morgan fingerprint density at radius 2 is 2.43 bits per heavy atom. The van der Waals surface area contributed by atoms with Crippen molar-refractivity contribution in [1.29, 1.82) is 0 Å². The number of hydrogen-bond acceptors (Lipinski definition) is 3. The predicted octanol–water partition coefficient (Wildman–Crippen LogP) is 2.94. The highest BCUT2D eigenvalue weighted by Crippen LogP contribution is 2.33. The molecule has 2 unspecified atom stereocenters. The lowest BCUT2D eigenvalue weighted by Gasteiger charge is -2.37. The number of thiophene rings is 1. The molecule has 1 N–H and O–H groups in total. The van der Waals surface area contributed by atoms with Crippen LogP contribution < -0.4 is 5.32 Å². The van der Waals surface area contributed by atoms with E-state index < -0.39 is 0 Å². The Balaban J connectivity index is 2.16. The highest BCUT2D eigenvalue weighted by molar-refractivity contribution is 9.11. The van der Waals surface area contributed by atoms with Gasteiger partial charge in [0, 0.05) is 6.54 Å². The highest BCUT2D eigenvalue weighted by Gasteiger charge is 2.32. The van der Waals surface area contributed by atoms with Gasteiger partial charge in [0.15, 0.2) is 5.72 Å². The third kappa shape index (κ3) is 2.03. The number of rotatable bonds is 1. The third-order valence-corrected chi connectivity index (χ3v) is 4.31. The fourth-order valence-corrected chi connectivity index (χ4v) is 2.98. The van der Waals surface area contributed by atoms with Crippen molar-refractivity contribution in [1.82, 2.24) is 5.32 Å². The Bertz CT molecular complexity index is 318. The van der Waals surface area contributed by atoms with E-state index in [0.29, 0.717) is 5.92 Å². The molecule has 1 aliphatic heterocycles. The van der Waals surface area contributed by atoms with E-state index in [9.17, 15) is 0 Å². The molecule has 1 aromatic heterocycles. The van der Waals surface area contributed by atoms with Crippen molar-refractivity contribution >= 4 is 27.3 Å². The van der Waals surface area contributed by atoms with E-state index in [2.05, 4.69) is 47.2 Å². The summed E-state index contributed by atoms with van der Waals surface area (Å²) in [4.78, 5) is 1.23. The van der Waals surface area contributed by atoms with E-state index in [1.165, 1.54) is 4.88 Å². The summed E-state index contributed by atoms with van der Waals surface area (Å²) in [7, 11) is 0. The molecule has 4 heteroatoms. The Labute approximate surface area is 96.8 Å². The van der Waals surface area contributed by atoms with Gasteiger partial charge in [0.25, 0.3) is 0 Å². The summed E-state index contributed by atoms with van der Waals surface area (Å²) in [6.45, 7) is 6.14. The molecule has 1 fully saturated rings. The van der Waals surface area contributed by atoms with E-state index >= 15 is 0 Å². The summed E-state index contributed by atoms with van der Waals surface area (Å²) in [5.41, 5.74) is -0.288. The van der Waals surface area contributed by atoms with Gasteiger partial charge in [0.2, 0.25) is 0 Å². The fraction of sp³-hybridized carbons (Fsp3) is 0.600. The van der Waals surface area contributed by atoms with Crippen LogP contribution in [0.3, 0.4) is 0 Å². The van der Waals surface area contributed by atoms with E-state index in [1.54, 1.807) is 11.3 Å². The van der Waals surface area contributed by atoms with E-state index in [-0.39, 0.29) is 5.72 Å². The van der Waals surface area contributed by atoms with Gasteiger partial charge in [-0.15, -0.1) is 11.3 Å². The summed E-state index contributed by atoms with van der Waals surface area (Å²) >= 11 is 5.19. The monoisotopic (exact) mass is 275 g/mol. The third-order valence-electron chi connectivity index (χ3n) is 2.49. The molecule has 14 heavy (non-hydrogen) atoms. The quantitative estimate of drug-likeness (QED) is 0.851. The lowest BCUT2D eigenvalue weighted by molar-refractivity contribution is -0.104. The zero-order valence-corrected chi connectivity index (χ0v) is 10.7. The van der Waals surface area contributed by atoms with Crippen molar-refractivity contribution in [2.75, 3.05) is 13.2 Å². The maximum atomic E-state index is 5.86. The summed E-state index contributed by atoms with van der Waals surface area (Å²) in [5, 5.41) is 3.44. The molecule has 0 saturated carbocycles. The Morgan fingerprint density at radius 1 is 1.64 bits per heavy atom. The number of halogens is 1. The summed E-state index contributed by atoms with van der Waals surface area (Å²) in [6.07, 6.45) is 0. The van der Waals surface area contributed by atoms with Gasteiger partial charge in [0.05, 0.1) is 15.3 Å². The smallest absolute Gasteiger partial charge is 0.151 e. The summed E-state index contributed by atoms with van der Waals surface area (Å²) < 4.78 is 7.01. The van der Waals surface area contributed by atoms with E-state index in [1.807, 2.05) is 0 Å². The standard InChI is InChI=1S/C10H14BrNOS/c1-7-5-12-10(2,13-6-7)8-3-4-9(11)14-8/h3-4,7,12H,5-6H2,1-2H3. The van der Waals surface area contributed by atoms with Gasteiger partial charge < -0.3 is 4.74 Å². The van der Waals surface area contributed by atoms with Crippen molar-refractivity contribution in [2.24, 2.45) is 5.92 Å². The first-order chi connectivity index (χ1) is 6.60. The average molecular weight is 276 g/mol. The molecule has 0 amide bonds. The van der Waals surface area contributed by atoms with Crippen molar-refractivity contribution in [3.05, 3.63) is 20.8 Å². The molecule has 1 aliphatic rings. The topological polar surface area (TPSA) is 21.3 Å². The van der Waals surface area contributed by atoms with E-state index in [4.69, 9.17) is 4.74 Å². The molecular weight excluding hydrogens is 262 g/mol. The van der Waals surface area contributed by atoms with Crippen LogP contribution in [0.2, 0.25) is 0 Å². The van der Waals surface area contributed by atoms with Crippen LogP contribution in [0.5, 0.6) is 0 Å². The normalized spacial score (nSPS) is 33.2. The van der Waals surface area contributed by atoms with E-state index in [0.717, 1.165) is 16.9 Å². The van der Waals surface area contributed by atoms with Gasteiger partial charge in [-0.2, -0.15) is 0 Å². The second-order valence-electron chi connectivity index (χ2n) is 3.93. The molecule has 2 rings (SSSR count). The largest absolute Gasteiger partial charge is 0.355 e. The molecule has 2 atom stereocenters. The van der Waals surface area contributed by atoms with Gasteiger partial charge in [-0.25, -0.2) is 0 Å². The minimum Gasteiger partial charge on any atom is -0.355 e. The van der Waals surface area contributed by atoms with Crippen LogP contribution in [-0.4, -0.2) is 13.2 Å². The van der Waals surface area contributed by atoms with Crippen molar-refractivity contribution < 1.29 is 4.74 Å². The maximum absolute atomic E-state index is 5.86. The van der Waals surface area contributed by atoms with Crippen molar-refractivity contribution in [2.45, 2.75) is 19.6 Å². The van der Waals surface area contributed by atoms with Gasteiger partial charge in [-0.05, 0) is 40.9 Å². The summed E-state index contributed by atoms with van der Waals surface area (Å²) in [6, 6.07) is 4.17. The second kappa shape index (κ2) is 3.93. The minimum absolute atomic E-state index is 0.288. The first-order valence-electron chi connectivity index (χ1n) is 4.75. The Hall–Kier alpha value is 0.1000. The van der Waals surface area contributed by atoms with Crippen LogP contribution in [0.15, 0.2) is 15.9 Å². The second-order valence-corrected chi connectivity index (χ2v) is 6.40. The molecule has 1 saturated heterocycles. The first kappa shape index (κ1) is 10.6. The molecule has 1 aromatic rings. The van der Waals surface area contributed by atoms with Crippen molar-refractivity contribution in [3.8, 4) is 0 Å². The number of hydrogen-bond donors (Lipinski definition) is 1. The van der Waals surface area contributed by atoms with Gasteiger partial charge in [-0.1, -0.05) is 6.92 Å².